The molecule has 0 aromatic carbocycles. The number of thioether (sulfide) groups is 1. The van der Waals surface area contributed by atoms with Gasteiger partial charge in [-0.1, -0.05) is 0 Å². The summed E-state index contributed by atoms with van der Waals surface area (Å²) in [6.45, 7) is 2.22. The molecule has 1 atom stereocenters. The van der Waals surface area contributed by atoms with Gasteiger partial charge in [-0.2, -0.15) is 11.8 Å². The van der Waals surface area contributed by atoms with Crippen molar-refractivity contribution in [1.29, 1.82) is 0 Å². The lowest BCUT2D eigenvalue weighted by Crippen LogP contribution is -2.36. The summed E-state index contributed by atoms with van der Waals surface area (Å²) in [5.74, 6) is 2.77. The first-order valence-corrected chi connectivity index (χ1v) is 5.89. The number of nitrogens with one attached hydrogen (secondary N) is 1. The smallest absolute Gasteiger partial charge is 0.248 e. The zero-order valence-electron chi connectivity index (χ0n) is 7.95. The Morgan fingerprint density at radius 2 is 2.23 bits per heavy atom. The van der Waals surface area contributed by atoms with Crippen molar-refractivity contribution >= 4 is 17.7 Å². The molecule has 0 aromatic heterocycles. The maximum atomic E-state index is 11.0. The number of aliphatic hydroxyl groups excluding tert-OH is 1. The van der Waals surface area contributed by atoms with E-state index in [0.717, 1.165) is 6.54 Å². The number of hydrogen-bond donors (Lipinski definition) is 2. The monoisotopic (exact) mass is 203 g/mol. The summed E-state index contributed by atoms with van der Waals surface area (Å²) in [4.78, 5) is 11.0. The molecular weight excluding hydrogens is 186 g/mol. The van der Waals surface area contributed by atoms with Crippen LogP contribution in [0.3, 0.4) is 0 Å². The third-order valence-corrected chi connectivity index (χ3v) is 3.33. The highest BCUT2D eigenvalue weighted by Crippen LogP contribution is 2.21. The molecule has 4 heteroatoms. The van der Waals surface area contributed by atoms with Crippen molar-refractivity contribution in [2.45, 2.75) is 25.9 Å². The van der Waals surface area contributed by atoms with E-state index < -0.39 is 6.10 Å². The van der Waals surface area contributed by atoms with Gasteiger partial charge in [-0.25, -0.2) is 0 Å². The highest BCUT2D eigenvalue weighted by atomic mass is 32.2. The Hall–Kier alpha value is -0.220. The van der Waals surface area contributed by atoms with E-state index in [9.17, 15) is 4.79 Å². The fourth-order valence-corrected chi connectivity index (χ4v) is 2.55. The van der Waals surface area contributed by atoms with Gasteiger partial charge >= 0.3 is 0 Å². The van der Waals surface area contributed by atoms with Gasteiger partial charge in [0.25, 0.3) is 0 Å². The van der Waals surface area contributed by atoms with Crippen molar-refractivity contribution in [3.8, 4) is 0 Å². The molecule has 0 bridgehead atoms. The molecule has 0 saturated carbocycles. The zero-order chi connectivity index (χ0) is 9.68. The Bertz CT molecular complexity index is 167. The lowest BCUT2D eigenvalue weighted by molar-refractivity contribution is -0.128. The van der Waals surface area contributed by atoms with E-state index in [1.54, 1.807) is 0 Å². The van der Waals surface area contributed by atoms with Crippen LogP contribution in [0.5, 0.6) is 0 Å². The van der Waals surface area contributed by atoms with Crippen LogP contribution in [-0.4, -0.2) is 35.2 Å². The molecule has 1 aliphatic heterocycles. The van der Waals surface area contributed by atoms with Gasteiger partial charge in [0.1, 0.15) is 6.10 Å². The van der Waals surface area contributed by atoms with Gasteiger partial charge in [-0.15, -0.1) is 0 Å². The maximum Gasteiger partial charge on any atom is 0.248 e. The molecule has 0 aliphatic carbocycles. The largest absolute Gasteiger partial charge is 0.384 e. The predicted octanol–water partition coefficient (Wildman–Crippen LogP) is 0.627. The van der Waals surface area contributed by atoms with Gasteiger partial charge in [0, 0.05) is 6.54 Å². The second-order valence-corrected chi connectivity index (χ2v) is 4.70. The van der Waals surface area contributed by atoms with E-state index in [1.807, 2.05) is 11.8 Å². The first-order chi connectivity index (χ1) is 6.20. The van der Waals surface area contributed by atoms with Crippen LogP contribution >= 0.6 is 11.8 Å². The lowest BCUT2D eigenvalue weighted by Gasteiger charge is -2.21. The molecule has 0 unspecified atom stereocenters. The molecule has 1 rings (SSSR count). The van der Waals surface area contributed by atoms with Gasteiger partial charge in [0.2, 0.25) is 5.91 Å². The maximum absolute atomic E-state index is 11.0. The molecule has 1 saturated heterocycles. The normalized spacial score (nSPS) is 21.1. The molecule has 0 spiro atoms. The standard InChI is InChI=1S/C9H17NO2S/c1-7(11)9(12)10-6-8-2-4-13-5-3-8/h7-8,11H,2-6H2,1H3,(H,10,12)/t7-/m1/s1. The van der Waals surface area contributed by atoms with Crippen LogP contribution in [0.2, 0.25) is 0 Å². The highest BCUT2D eigenvalue weighted by Gasteiger charge is 2.15. The minimum atomic E-state index is -0.877. The number of rotatable bonds is 3. The summed E-state index contributed by atoms with van der Waals surface area (Å²) < 4.78 is 0. The third-order valence-electron chi connectivity index (χ3n) is 2.29. The van der Waals surface area contributed by atoms with E-state index in [0.29, 0.717) is 5.92 Å². The average molecular weight is 203 g/mol. The Morgan fingerprint density at radius 1 is 1.62 bits per heavy atom. The van der Waals surface area contributed by atoms with Crippen molar-refractivity contribution in [2.24, 2.45) is 5.92 Å². The quantitative estimate of drug-likeness (QED) is 0.707. The van der Waals surface area contributed by atoms with E-state index in [4.69, 9.17) is 5.11 Å². The molecule has 1 amide bonds. The molecule has 0 aromatic rings. The summed E-state index contributed by atoms with van der Waals surface area (Å²) in [5, 5.41) is 11.7. The highest BCUT2D eigenvalue weighted by molar-refractivity contribution is 7.99. The van der Waals surface area contributed by atoms with E-state index in [1.165, 1.54) is 31.3 Å². The minimum Gasteiger partial charge on any atom is -0.384 e. The summed E-state index contributed by atoms with van der Waals surface area (Å²) in [7, 11) is 0. The Morgan fingerprint density at radius 3 is 2.77 bits per heavy atom. The topological polar surface area (TPSA) is 49.3 Å². The molecule has 1 heterocycles. The first kappa shape index (κ1) is 10.9. The predicted molar refractivity (Wildman–Crippen MR) is 54.7 cm³/mol. The van der Waals surface area contributed by atoms with Gasteiger partial charge in [0.05, 0.1) is 0 Å². The van der Waals surface area contributed by atoms with Crippen LogP contribution in [0.1, 0.15) is 19.8 Å². The van der Waals surface area contributed by atoms with Crippen LogP contribution in [0, 0.1) is 5.92 Å². The second kappa shape index (κ2) is 5.50. The van der Waals surface area contributed by atoms with Crippen LogP contribution in [-0.2, 0) is 4.79 Å². The first-order valence-electron chi connectivity index (χ1n) is 4.73. The number of carbonyl (C=O) groups is 1. The van der Waals surface area contributed by atoms with Gasteiger partial charge < -0.3 is 10.4 Å². The van der Waals surface area contributed by atoms with Crippen LogP contribution < -0.4 is 5.32 Å². The summed E-state index contributed by atoms with van der Waals surface area (Å²) in [5.41, 5.74) is 0. The van der Waals surface area contributed by atoms with Crippen molar-refractivity contribution in [2.75, 3.05) is 18.1 Å². The summed E-state index contributed by atoms with van der Waals surface area (Å²) in [6, 6.07) is 0. The summed E-state index contributed by atoms with van der Waals surface area (Å²) in [6.07, 6.45) is 1.49. The van der Waals surface area contributed by atoms with Crippen molar-refractivity contribution in [1.82, 2.24) is 5.32 Å². The Kier molecular flexibility index (Phi) is 4.59. The van der Waals surface area contributed by atoms with E-state index >= 15 is 0 Å². The molecule has 76 valence electrons. The van der Waals surface area contributed by atoms with Gasteiger partial charge in [0.15, 0.2) is 0 Å². The molecule has 2 N–H and O–H groups in total. The van der Waals surface area contributed by atoms with Gasteiger partial charge in [-0.3, -0.25) is 4.79 Å². The average Bonchev–Trinajstić information content (AvgIpc) is 2.15. The van der Waals surface area contributed by atoms with E-state index in [2.05, 4.69) is 5.32 Å². The minimum absolute atomic E-state index is 0.252. The van der Waals surface area contributed by atoms with Crippen molar-refractivity contribution in [3.05, 3.63) is 0 Å². The number of aliphatic hydroxyl groups is 1. The second-order valence-electron chi connectivity index (χ2n) is 3.48. The molecule has 1 fully saturated rings. The molecule has 13 heavy (non-hydrogen) atoms. The molecule has 0 radical (unpaired) electrons. The number of hydrogen-bond acceptors (Lipinski definition) is 3. The summed E-state index contributed by atoms with van der Waals surface area (Å²) >= 11 is 1.98. The van der Waals surface area contributed by atoms with Crippen LogP contribution in [0.15, 0.2) is 0 Å². The Labute approximate surface area is 83.3 Å². The SMILES string of the molecule is C[C@@H](O)C(=O)NCC1CCSCC1. The fraction of sp³-hybridized carbons (Fsp3) is 0.889. The van der Waals surface area contributed by atoms with Crippen LogP contribution in [0.4, 0.5) is 0 Å². The van der Waals surface area contributed by atoms with E-state index in [-0.39, 0.29) is 5.91 Å². The molecule has 1 aliphatic rings. The Balaban J connectivity index is 2.13. The number of carbonyl (C=O) groups excluding carboxylic acids is 1. The zero-order valence-corrected chi connectivity index (χ0v) is 8.77. The lowest BCUT2D eigenvalue weighted by atomic mass is 10.0. The number of amides is 1. The molecular formula is C9H17NO2S. The van der Waals surface area contributed by atoms with Gasteiger partial charge in [-0.05, 0) is 37.2 Å². The third kappa shape index (κ3) is 4.00. The van der Waals surface area contributed by atoms with Crippen molar-refractivity contribution in [3.63, 3.8) is 0 Å². The van der Waals surface area contributed by atoms with Crippen LogP contribution in [0.25, 0.3) is 0 Å². The molecule has 3 nitrogen and oxygen atoms in total. The van der Waals surface area contributed by atoms with Crippen molar-refractivity contribution < 1.29 is 9.90 Å². The fourth-order valence-electron chi connectivity index (χ4n) is 1.34.